The number of nitrogens with zero attached hydrogens (tertiary/aromatic N) is 2. The Labute approximate surface area is 113 Å². The molecule has 0 saturated heterocycles. The van der Waals surface area contributed by atoms with Gasteiger partial charge in [-0.05, 0) is 39.5 Å². The summed E-state index contributed by atoms with van der Waals surface area (Å²) in [7, 11) is 0. The Balaban J connectivity index is 2.38. The summed E-state index contributed by atoms with van der Waals surface area (Å²) in [6.45, 7) is 4.24. The van der Waals surface area contributed by atoms with Crippen LogP contribution in [0.15, 0.2) is 0 Å². The molecule has 1 saturated carbocycles. The SMILES string of the molecule is CCOC(=O)c1c([C]2[CH][CH][CH][CH]2)nn(CCO)c1C. The second-order valence-electron chi connectivity index (χ2n) is 4.15. The van der Waals surface area contributed by atoms with Gasteiger partial charge in [-0.15, -0.1) is 0 Å². The summed E-state index contributed by atoms with van der Waals surface area (Å²) in [4.78, 5) is 12.1. The van der Waals surface area contributed by atoms with Crippen molar-refractivity contribution >= 4 is 5.97 Å². The van der Waals surface area contributed by atoms with E-state index < -0.39 is 0 Å². The molecule has 1 heterocycles. The summed E-state index contributed by atoms with van der Waals surface area (Å²) in [5.41, 5.74) is 1.79. The van der Waals surface area contributed by atoms with E-state index in [0.29, 0.717) is 30.1 Å². The van der Waals surface area contributed by atoms with Crippen LogP contribution in [0.2, 0.25) is 0 Å². The van der Waals surface area contributed by atoms with Crippen LogP contribution in [0.25, 0.3) is 0 Å². The van der Waals surface area contributed by atoms with Crippen LogP contribution in [0.4, 0.5) is 0 Å². The molecule has 2 rings (SSSR count). The van der Waals surface area contributed by atoms with E-state index in [0.717, 1.165) is 5.92 Å². The zero-order valence-corrected chi connectivity index (χ0v) is 11.1. The van der Waals surface area contributed by atoms with E-state index in [1.165, 1.54) is 0 Å². The van der Waals surface area contributed by atoms with Crippen molar-refractivity contribution in [2.45, 2.75) is 20.4 Å². The van der Waals surface area contributed by atoms with Crippen molar-refractivity contribution in [3.63, 3.8) is 0 Å². The van der Waals surface area contributed by atoms with Gasteiger partial charge in [-0.1, -0.05) is 0 Å². The molecule has 0 aliphatic heterocycles. The van der Waals surface area contributed by atoms with Crippen LogP contribution in [0.5, 0.6) is 0 Å². The van der Waals surface area contributed by atoms with Gasteiger partial charge in [-0.2, -0.15) is 5.10 Å². The van der Waals surface area contributed by atoms with Gasteiger partial charge in [0.2, 0.25) is 0 Å². The molecule has 19 heavy (non-hydrogen) atoms. The zero-order valence-electron chi connectivity index (χ0n) is 11.1. The molecule has 1 aliphatic carbocycles. The van der Waals surface area contributed by atoms with Gasteiger partial charge < -0.3 is 9.84 Å². The molecule has 0 aromatic carbocycles. The first-order valence-corrected chi connectivity index (χ1v) is 6.26. The van der Waals surface area contributed by atoms with Crippen molar-refractivity contribution in [1.82, 2.24) is 9.78 Å². The predicted octanol–water partition coefficient (Wildman–Crippen LogP) is 1.11. The van der Waals surface area contributed by atoms with Gasteiger partial charge in [0.1, 0.15) is 5.56 Å². The highest BCUT2D eigenvalue weighted by molar-refractivity contribution is 5.93. The van der Waals surface area contributed by atoms with Gasteiger partial charge in [-0.25, -0.2) is 4.79 Å². The monoisotopic (exact) mass is 261 g/mol. The van der Waals surface area contributed by atoms with Gasteiger partial charge in [0.05, 0.1) is 31.1 Å². The molecule has 1 aromatic rings. The summed E-state index contributed by atoms with van der Waals surface area (Å²) < 4.78 is 6.72. The Bertz CT molecular complexity index is 448. The highest BCUT2D eigenvalue weighted by atomic mass is 16.5. The van der Waals surface area contributed by atoms with Crippen LogP contribution < -0.4 is 0 Å². The van der Waals surface area contributed by atoms with Crippen molar-refractivity contribution in [2.24, 2.45) is 0 Å². The maximum atomic E-state index is 12.1. The van der Waals surface area contributed by atoms with Crippen molar-refractivity contribution in [2.75, 3.05) is 13.2 Å². The van der Waals surface area contributed by atoms with E-state index in [-0.39, 0.29) is 12.6 Å². The molecule has 1 aromatic heterocycles. The lowest BCUT2D eigenvalue weighted by molar-refractivity contribution is 0.0524. The molecule has 1 aliphatic rings. The van der Waals surface area contributed by atoms with Gasteiger partial charge >= 0.3 is 5.97 Å². The van der Waals surface area contributed by atoms with E-state index in [4.69, 9.17) is 9.84 Å². The summed E-state index contributed by atoms with van der Waals surface area (Å²) in [6.07, 6.45) is 7.58. The van der Waals surface area contributed by atoms with Gasteiger partial charge in [0, 0.05) is 5.92 Å². The Kier molecular flexibility index (Phi) is 4.58. The van der Waals surface area contributed by atoms with Crippen molar-refractivity contribution < 1.29 is 14.6 Å². The molecule has 1 fully saturated rings. The number of carbonyl (C=O) groups excluding carboxylic acids is 1. The highest BCUT2D eigenvalue weighted by Gasteiger charge is 2.30. The van der Waals surface area contributed by atoms with Crippen molar-refractivity contribution in [3.8, 4) is 0 Å². The number of ether oxygens (including phenoxy) is 1. The van der Waals surface area contributed by atoms with E-state index >= 15 is 0 Å². The molecule has 101 valence electrons. The largest absolute Gasteiger partial charge is 0.462 e. The summed E-state index contributed by atoms with van der Waals surface area (Å²) in [5.74, 6) is 0.503. The zero-order chi connectivity index (χ0) is 13.8. The second kappa shape index (κ2) is 6.19. The first-order valence-electron chi connectivity index (χ1n) is 6.26. The summed E-state index contributed by atoms with van der Waals surface area (Å²) >= 11 is 0. The fraction of sp³-hybridized carbons (Fsp3) is 0.357. The molecule has 0 spiro atoms. The molecule has 5 heteroatoms. The first-order chi connectivity index (χ1) is 9.19. The van der Waals surface area contributed by atoms with Crippen LogP contribution in [0.3, 0.4) is 0 Å². The van der Waals surface area contributed by atoms with Crippen LogP contribution in [0.1, 0.15) is 28.7 Å². The molecular weight excluding hydrogens is 244 g/mol. The number of esters is 1. The number of aliphatic hydroxyl groups is 1. The lowest BCUT2D eigenvalue weighted by Crippen LogP contribution is -2.11. The molecule has 0 atom stereocenters. The quantitative estimate of drug-likeness (QED) is 0.807. The molecular formula is C14H17N2O3. The number of rotatable bonds is 5. The molecule has 5 radical (unpaired) electrons. The maximum absolute atomic E-state index is 12.1. The van der Waals surface area contributed by atoms with Crippen LogP contribution in [-0.2, 0) is 11.3 Å². The fourth-order valence-corrected chi connectivity index (χ4v) is 2.04. The third-order valence-corrected chi connectivity index (χ3v) is 2.93. The Morgan fingerprint density at radius 1 is 1.42 bits per heavy atom. The van der Waals surface area contributed by atoms with E-state index in [2.05, 4.69) is 5.10 Å². The fourth-order valence-electron chi connectivity index (χ4n) is 2.04. The second-order valence-corrected chi connectivity index (χ2v) is 4.15. The number of aromatic nitrogens is 2. The molecule has 0 unspecified atom stereocenters. The van der Waals surface area contributed by atoms with Gasteiger partial charge in [0.25, 0.3) is 0 Å². The number of hydrogen-bond donors (Lipinski definition) is 1. The standard InChI is InChI=1S/C14H17N2O3/c1-3-19-14(18)12-10(2)16(8-9-17)15-13(12)11-6-4-5-7-11/h4-7,17H,3,8-9H2,1-2H3. The van der Waals surface area contributed by atoms with Gasteiger partial charge in [0.15, 0.2) is 0 Å². The topological polar surface area (TPSA) is 64.3 Å². The summed E-state index contributed by atoms with van der Waals surface area (Å²) in [5, 5.41) is 13.4. The van der Waals surface area contributed by atoms with Crippen molar-refractivity contribution in [3.05, 3.63) is 48.6 Å². The number of hydrogen-bond acceptors (Lipinski definition) is 4. The molecule has 1 N–H and O–H groups in total. The summed E-state index contributed by atoms with van der Waals surface area (Å²) in [6, 6.07) is 0. The lowest BCUT2D eigenvalue weighted by atomic mass is 9.99. The predicted molar refractivity (Wildman–Crippen MR) is 69.6 cm³/mol. The average molecular weight is 261 g/mol. The average Bonchev–Trinajstić information content (AvgIpc) is 2.99. The smallest absolute Gasteiger partial charge is 0.341 e. The minimum absolute atomic E-state index is 0.0226. The van der Waals surface area contributed by atoms with Crippen LogP contribution in [0, 0.1) is 38.5 Å². The Morgan fingerprint density at radius 2 is 2.11 bits per heavy atom. The van der Waals surface area contributed by atoms with Crippen LogP contribution >= 0.6 is 0 Å². The maximum Gasteiger partial charge on any atom is 0.341 e. The Hall–Kier alpha value is -1.36. The first kappa shape index (κ1) is 14.1. The molecule has 0 bridgehead atoms. The Morgan fingerprint density at radius 3 is 2.68 bits per heavy atom. The molecule has 0 amide bonds. The van der Waals surface area contributed by atoms with Gasteiger partial charge in [-0.3, -0.25) is 4.68 Å². The van der Waals surface area contributed by atoms with E-state index in [9.17, 15) is 4.79 Å². The minimum Gasteiger partial charge on any atom is -0.462 e. The van der Waals surface area contributed by atoms with Crippen LogP contribution in [-0.4, -0.2) is 34.1 Å². The van der Waals surface area contributed by atoms with Crippen molar-refractivity contribution in [1.29, 1.82) is 0 Å². The number of aliphatic hydroxyl groups excluding tert-OH is 1. The number of carbonyl (C=O) groups is 1. The lowest BCUT2D eigenvalue weighted by Gasteiger charge is -2.07. The van der Waals surface area contributed by atoms with E-state index in [1.54, 1.807) is 18.5 Å². The molecule has 5 nitrogen and oxygen atoms in total. The highest BCUT2D eigenvalue weighted by Crippen LogP contribution is 2.32. The normalized spacial score (nSPS) is 15.9. The minimum atomic E-state index is -0.375. The third-order valence-electron chi connectivity index (χ3n) is 2.93. The van der Waals surface area contributed by atoms with E-state index in [1.807, 2.05) is 25.7 Å². The third kappa shape index (κ3) is 2.81.